The van der Waals surface area contributed by atoms with Crippen molar-refractivity contribution in [3.05, 3.63) is 0 Å². The lowest BCUT2D eigenvalue weighted by atomic mass is 10.1. The number of amides is 1. The zero-order valence-electron chi connectivity index (χ0n) is 13.8. The highest BCUT2D eigenvalue weighted by Gasteiger charge is 2.21. The molecule has 0 aromatic carbocycles. The number of carbonyl (C=O) groups is 1. The van der Waals surface area contributed by atoms with Gasteiger partial charge in [-0.25, -0.2) is 0 Å². The standard InChI is InChI=1S/C16H33N3O/c1-13(2)11-18(12-14(3)4)8-7-16(20)19-9-5-15(17)6-10-19/h13-15H,5-12,17H2,1-4H3. The van der Waals surface area contributed by atoms with Gasteiger partial charge in [-0.15, -0.1) is 0 Å². The van der Waals surface area contributed by atoms with Crippen molar-refractivity contribution in [2.45, 2.75) is 53.0 Å². The van der Waals surface area contributed by atoms with Gasteiger partial charge in [0.15, 0.2) is 0 Å². The van der Waals surface area contributed by atoms with Crippen molar-refractivity contribution < 1.29 is 4.79 Å². The summed E-state index contributed by atoms with van der Waals surface area (Å²) in [4.78, 5) is 16.7. The number of rotatable bonds is 7. The SMILES string of the molecule is CC(C)CN(CCC(=O)N1CCC(N)CC1)CC(C)C. The number of nitrogens with zero attached hydrogens (tertiary/aromatic N) is 2. The van der Waals surface area contributed by atoms with E-state index in [4.69, 9.17) is 5.73 Å². The molecule has 1 aliphatic heterocycles. The van der Waals surface area contributed by atoms with Gasteiger partial charge in [-0.3, -0.25) is 4.79 Å². The summed E-state index contributed by atoms with van der Waals surface area (Å²) in [6, 6.07) is 0.289. The Balaban J connectivity index is 2.35. The van der Waals surface area contributed by atoms with Crippen molar-refractivity contribution in [3.63, 3.8) is 0 Å². The molecule has 1 heterocycles. The molecule has 0 radical (unpaired) electrons. The predicted molar refractivity (Wildman–Crippen MR) is 84.5 cm³/mol. The van der Waals surface area contributed by atoms with E-state index >= 15 is 0 Å². The zero-order chi connectivity index (χ0) is 15.1. The van der Waals surface area contributed by atoms with Gasteiger partial charge in [0.25, 0.3) is 0 Å². The van der Waals surface area contributed by atoms with Crippen molar-refractivity contribution >= 4 is 5.91 Å². The average molecular weight is 283 g/mol. The molecule has 1 saturated heterocycles. The van der Waals surface area contributed by atoms with Crippen LogP contribution in [0.1, 0.15) is 47.0 Å². The van der Waals surface area contributed by atoms with Gasteiger partial charge < -0.3 is 15.5 Å². The molecule has 0 aliphatic carbocycles. The topological polar surface area (TPSA) is 49.6 Å². The number of piperidine rings is 1. The van der Waals surface area contributed by atoms with E-state index in [0.29, 0.717) is 24.2 Å². The minimum atomic E-state index is 0.289. The fraction of sp³-hybridized carbons (Fsp3) is 0.938. The van der Waals surface area contributed by atoms with E-state index < -0.39 is 0 Å². The fourth-order valence-electron chi connectivity index (χ4n) is 2.85. The summed E-state index contributed by atoms with van der Waals surface area (Å²) in [5, 5.41) is 0. The van der Waals surface area contributed by atoms with Crippen molar-refractivity contribution in [3.8, 4) is 0 Å². The Kier molecular flexibility index (Phi) is 7.52. The molecule has 20 heavy (non-hydrogen) atoms. The molecular formula is C16H33N3O. The fourth-order valence-corrected chi connectivity index (χ4v) is 2.85. The quantitative estimate of drug-likeness (QED) is 0.777. The van der Waals surface area contributed by atoms with Crippen molar-refractivity contribution in [1.29, 1.82) is 0 Å². The van der Waals surface area contributed by atoms with Crippen LogP contribution in [0.25, 0.3) is 0 Å². The molecule has 0 atom stereocenters. The maximum Gasteiger partial charge on any atom is 0.223 e. The predicted octanol–water partition coefficient (Wildman–Crippen LogP) is 1.94. The second-order valence-electron chi connectivity index (χ2n) is 7.02. The molecular weight excluding hydrogens is 250 g/mol. The van der Waals surface area contributed by atoms with Crippen LogP contribution in [0, 0.1) is 11.8 Å². The van der Waals surface area contributed by atoms with E-state index in [2.05, 4.69) is 32.6 Å². The number of hydrogen-bond donors (Lipinski definition) is 1. The van der Waals surface area contributed by atoms with Gasteiger partial charge in [0, 0.05) is 45.2 Å². The number of carbonyl (C=O) groups excluding carboxylic acids is 1. The first-order chi connectivity index (χ1) is 9.38. The first-order valence-corrected chi connectivity index (χ1v) is 8.14. The first-order valence-electron chi connectivity index (χ1n) is 8.14. The molecule has 2 N–H and O–H groups in total. The second kappa shape index (κ2) is 8.63. The van der Waals surface area contributed by atoms with E-state index in [1.807, 2.05) is 4.90 Å². The van der Waals surface area contributed by atoms with Crippen molar-refractivity contribution in [1.82, 2.24) is 9.80 Å². The van der Waals surface area contributed by atoms with Crippen LogP contribution in [-0.2, 0) is 4.79 Å². The normalized spacial score (nSPS) is 17.5. The molecule has 0 aromatic heterocycles. The molecule has 1 rings (SSSR count). The maximum absolute atomic E-state index is 12.2. The van der Waals surface area contributed by atoms with Crippen LogP contribution >= 0.6 is 0 Å². The lowest BCUT2D eigenvalue weighted by Gasteiger charge is -2.31. The minimum absolute atomic E-state index is 0.289. The van der Waals surface area contributed by atoms with Crippen LogP contribution in [-0.4, -0.2) is 54.5 Å². The highest BCUT2D eigenvalue weighted by atomic mass is 16.2. The molecule has 118 valence electrons. The molecule has 0 spiro atoms. The van der Waals surface area contributed by atoms with Gasteiger partial charge >= 0.3 is 0 Å². The van der Waals surface area contributed by atoms with E-state index in [1.165, 1.54) is 0 Å². The number of nitrogens with two attached hydrogens (primary N) is 1. The Labute approximate surface area is 124 Å². The summed E-state index contributed by atoms with van der Waals surface area (Å²) in [5.41, 5.74) is 5.88. The van der Waals surface area contributed by atoms with Crippen LogP contribution < -0.4 is 5.73 Å². The van der Waals surface area contributed by atoms with E-state index in [9.17, 15) is 4.79 Å². The lowest BCUT2D eigenvalue weighted by Crippen LogP contribution is -2.44. The summed E-state index contributed by atoms with van der Waals surface area (Å²) >= 11 is 0. The monoisotopic (exact) mass is 283 g/mol. The second-order valence-corrected chi connectivity index (χ2v) is 7.02. The Hall–Kier alpha value is -0.610. The van der Waals surface area contributed by atoms with Crippen LogP contribution in [0.4, 0.5) is 0 Å². The molecule has 0 aromatic rings. The summed E-state index contributed by atoms with van der Waals surface area (Å²) < 4.78 is 0. The third kappa shape index (κ3) is 6.71. The molecule has 0 bridgehead atoms. The molecule has 1 amide bonds. The first kappa shape index (κ1) is 17.4. The van der Waals surface area contributed by atoms with Gasteiger partial charge in [0.1, 0.15) is 0 Å². The Morgan fingerprint density at radius 1 is 1.15 bits per heavy atom. The van der Waals surface area contributed by atoms with E-state index in [0.717, 1.165) is 45.6 Å². The largest absolute Gasteiger partial charge is 0.343 e. The smallest absolute Gasteiger partial charge is 0.223 e. The van der Waals surface area contributed by atoms with Crippen LogP contribution in [0.3, 0.4) is 0 Å². The summed E-state index contributed by atoms with van der Waals surface area (Å²) in [5.74, 6) is 1.60. The van der Waals surface area contributed by atoms with Crippen molar-refractivity contribution in [2.75, 3.05) is 32.7 Å². The average Bonchev–Trinajstić information content (AvgIpc) is 2.35. The maximum atomic E-state index is 12.2. The van der Waals surface area contributed by atoms with E-state index in [1.54, 1.807) is 0 Å². The lowest BCUT2D eigenvalue weighted by molar-refractivity contribution is -0.132. The Morgan fingerprint density at radius 2 is 1.65 bits per heavy atom. The summed E-state index contributed by atoms with van der Waals surface area (Å²) in [6.45, 7) is 13.7. The number of hydrogen-bond acceptors (Lipinski definition) is 3. The third-order valence-electron chi connectivity index (χ3n) is 3.78. The van der Waals surface area contributed by atoms with Gasteiger partial charge in [-0.2, -0.15) is 0 Å². The summed E-state index contributed by atoms with van der Waals surface area (Å²) in [6.07, 6.45) is 2.55. The van der Waals surface area contributed by atoms with E-state index in [-0.39, 0.29) is 6.04 Å². The summed E-state index contributed by atoms with van der Waals surface area (Å²) in [7, 11) is 0. The van der Waals surface area contributed by atoms with Gasteiger partial charge in [-0.05, 0) is 24.7 Å². The van der Waals surface area contributed by atoms with Crippen LogP contribution in [0.2, 0.25) is 0 Å². The van der Waals surface area contributed by atoms with Crippen molar-refractivity contribution in [2.24, 2.45) is 17.6 Å². The Bertz CT molecular complexity index is 273. The van der Waals surface area contributed by atoms with Gasteiger partial charge in [0.05, 0.1) is 0 Å². The number of likely N-dealkylation sites (tertiary alicyclic amines) is 1. The minimum Gasteiger partial charge on any atom is -0.343 e. The Morgan fingerprint density at radius 3 is 2.10 bits per heavy atom. The third-order valence-corrected chi connectivity index (χ3v) is 3.78. The van der Waals surface area contributed by atoms with Gasteiger partial charge in [-0.1, -0.05) is 27.7 Å². The molecule has 4 nitrogen and oxygen atoms in total. The zero-order valence-corrected chi connectivity index (χ0v) is 13.8. The molecule has 1 fully saturated rings. The highest BCUT2D eigenvalue weighted by Crippen LogP contribution is 2.11. The van der Waals surface area contributed by atoms with Crippen LogP contribution in [0.5, 0.6) is 0 Å². The molecule has 1 aliphatic rings. The van der Waals surface area contributed by atoms with Crippen LogP contribution in [0.15, 0.2) is 0 Å². The molecule has 0 unspecified atom stereocenters. The highest BCUT2D eigenvalue weighted by molar-refractivity contribution is 5.76. The molecule has 0 saturated carbocycles. The van der Waals surface area contributed by atoms with Gasteiger partial charge in [0.2, 0.25) is 5.91 Å². The molecule has 4 heteroatoms.